The molecule has 0 spiro atoms. The Balaban J connectivity index is 5.90. The third-order valence-electron chi connectivity index (χ3n) is 6.90. The summed E-state index contributed by atoms with van der Waals surface area (Å²) >= 11 is 0. The van der Waals surface area contributed by atoms with E-state index in [2.05, 4.69) is 55.0 Å². The smallest absolute Gasteiger partial charge is 0.316 e. The van der Waals surface area contributed by atoms with E-state index in [9.17, 15) is 4.79 Å². The summed E-state index contributed by atoms with van der Waals surface area (Å²) in [6, 6.07) is 2.24. The van der Waals surface area contributed by atoms with Gasteiger partial charge in [-0.2, -0.15) is 0 Å². The van der Waals surface area contributed by atoms with Crippen molar-refractivity contribution in [3.05, 3.63) is 12.7 Å². The third-order valence-corrected chi connectivity index (χ3v) is 12.8. The molecule has 0 bridgehead atoms. The van der Waals surface area contributed by atoms with Gasteiger partial charge in [0.15, 0.2) is 0 Å². The van der Waals surface area contributed by atoms with Crippen molar-refractivity contribution in [3.8, 4) is 0 Å². The number of carbonyl (C=O) groups excluding carboxylic acids is 1. The SMILES string of the molecule is C=CC(=O)O[Si](CC(CC)CCCC)(CC(CC)CCCC)C(C)(C)CC. The Morgan fingerprint density at radius 2 is 1.41 bits per heavy atom. The van der Waals surface area contributed by atoms with Crippen LogP contribution in [0.5, 0.6) is 0 Å². The molecule has 0 rings (SSSR count). The lowest BCUT2D eigenvalue weighted by atomic mass is 10.0. The largest absolute Gasteiger partial charge is 0.515 e. The molecule has 2 nitrogen and oxygen atoms in total. The van der Waals surface area contributed by atoms with Crippen molar-refractivity contribution in [1.82, 2.24) is 0 Å². The maximum absolute atomic E-state index is 12.5. The molecule has 27 heavy (non-hydrogen) atoms. The topological polar surface area (TPSA) is 26.3 Å². The Labute approximate surface area is 171 Å². The standard InChI is InChI=1S/C24H48O2Si/c1-9-15-17-21(11-3)19-27(24(7,8)14-6,26-23(25)13-5)20-22(12-4)18-16-10-2/h13,21-22H,5,9-12,14-20H2,1-4,6-8H3. The summed E-state index contributed by atoms with van der Waals surface area (Å²) in [7, 11) is -2.30. The second kappa shape index (κ2) is 13.6. The van der Waals surface area contributed by atoms with Gasteiger partial charge in [-0.1, -0.05) is 113 Å². The Kier molecular flexibility index (Phi) is 13.3. The van der Waals surface area contributed by atoms with Crippen molar-refractivity contribution in [2.45, 2.75) is 123 Å². The summed E-state index contributed by atoms with van der Waals surface area (Å²) in [5, 5.41) is 0.0882. The van der Waals surface area contributed by atoms with E-state index < -0.39 is 8.32 Å². The van der Waals surface area contributed by atoms with Gasteiger partial charge in [-0.25, -0.2) is 4.79 Å². The summed E-state index contributed by atoms with van der Waals surface area (Å²) in [4.78, 5) is 12.5. The highest BCUT2D eigenvalue weighted by Crippen LogP contribution is 2.50. The first kappa shape index (κ1) is 26.4. The lowest BCUT2D eigenvalue weighted by molar-refractivity contribution is -0.130. The Hall–Kier alpha value is -0.573. The quantitative estimate of drug-likeness (QED) is 0.194. The van der Waals surface area contributed by atoms with Crippen LogP contribution in [0.25, 0.3) is 0 Å². The van der Waals surface area contributed by atoms with Gasteiger partial charge in [0.1, 0.15) is 0 Å². The van der Waals surface area contributed by atoms with E-state index >= 15 is 0 Å². The molecule has 0 amide bonds. The van der Waals surface area contributed by atoms with Gasteiger partial charge in [-0.05, 0) is 29.0 Å². The van der Waals surface area contributed by atoms with Gasteiger partial charge in [-0.15, -0.1) is 0 Å². The van der Waals surface area contributed by atoms with E-state index in [4.69, 9.17) is 4.43 Å². The second-order valence-electron chi connectivity index (χ2n) is 9.10. The average molecular weight is 397 g/mol. The molecule has 0 aromatic carbocycles. The van der Waals surface area contributed by atoms with Crippen molar-refractivity contribution in [3.63, 3.8) is 0 Å². The van der Waals surface area contributed by atoms with Crippen molar-refractivity contribution in [2.75, 3.05) is 0 Å². The van der Waals surface area contributed by atoms with Gasteiger partial charge in [0.2, 0.25) is 0 Å². The fraction of sp³-hybridized carbons (Fsp3) is 0.875. The molecule has 0 aliphatic rings. The molecule has 2 unspecified atom stereocenters. The molecule has 0 saturated heterocycles. The summed E-state index contributed by atoms with van der Waals surface area (Å²) in [6.45, 7) is 19.8. The van der Waals surface area contributed by atoms with Crippen molar-refractivity contribution >= 4 is 14.3 Å². The molecular weight excluding hydrogens is 348 g/mol. The number of hydrogen-bond donors (Lipinski definition) is 0. The van der Waals surface area contributed by atoms with Crippen LogP contribution in [0.4, 0.5) is 0 Å². The van der Waals surface area contributed by atoms with Crippen molar-refractivity contribution in [1.29, 1.82) is 0 Å². The summed E-state index contributed by atoms with van der Waals surface area (Å²) in [6.07, 6.45) is 12.4. The molecule has 0 heterocycles. The first-order valence-corrected chi connectivity index (χ1v) is 13.9. The van der Waals surface area contributed by atoms with Gasteiger partial charge in [-0.3, -0.25) is 0 Å². The second-order valence-corrected chi connectivity index (χ2v) is 13.5. The molecule has 3 heteroatoms. The number of rotatable bonds is 16. The molecule has 0 aliphatic carbocycles. The predicted molar refractivity (Wildman–Crippen MR) is 123 cm³/mol. The maximum atomic E-state index is 12.5. The van der Waals surface area contributed by atoms with E-state index in [0.29, 0.717) is 11.8 Å². The monoisotopic (exact) mass is 396 g/mol. The van der Waals surface area contributed by atoms with E-state index in [1.165, 1.54) is 57.4 Å². The van der Waals surface area contributed by atoms with Gasteiger partial charge in [0, 0.05) is 6.08 Å². The van der Waals surface area contributed by atoms with Crippen LogP contribution in [0.3, 0.4) is 0 Å². The molecule has 160 valence electrons. The highest BCUT2D eigenvalue weighted by molar-refractivity contribution is 6.78. The van der Waals surface area contributed by atoms with Gasteiger partial charge in [0.25, 0.3) is 8.32 Å². The Morgan fingerprint density at radius 3 is 1.70 bits per heavy atom. The first-order chi connectivity index (χ1) is 12.8. The third kappa shape index (κ3) is 8.54. The van der Waals surface area contributed by atoms with Gasteiger partial charge < -0.3 is 4.43 Å². The normalized spacial score (nSPS) is 16.4. The fourth-order valence-electron chi connectivity index (χ4n) is 4.23. The Bertz CT molecular complexity index is 399. The number of carbonyl (C=O) groups is 1. The fourth-order valence-corrected chi connectivity index (χ4v) is 9.91. The van der Waals surface area contributed by atoms with Crippen LogP contribution in [0.2, 0.25) is 17.1 Å². The molecular formula is C24H48O2Si. The first-order valence-electron chi connectivity index (χ1n) is 11.6. The maximum Gasteiger partial charge on any atom is 0.316 e. The average Bonchev–Trinajstić information content (AvgIpc) is 2.67. The molecule has 0 aromatic heterocycles. The minimum Gasteiger partial charge on any atom is -0.515 e. The summed E-state index contributed by atoms with van der Waals surface area (Å²) in [5.41, 5.74) is 0. The lowest BCUT2D eigenvalue weighted by Gasteiger charge is -2.46. The van der Waals surface area contributed by atoms with Crippen LogP contribution < -0.4 is 0 Å². The predicted octanol–water partition coefficient (Wildman–Crippen LogP) is 8.28. The molecule has 0 fully saturated rings. The van der Waals surface area contributed by atoms with E-state index in [1.807, 2.05) is 0 Å². The lowest BCUT2D eigenvalue weighted by Crippen LogP contribution is -2.52. The van der Waals surface area contributed by atoms with Crippen LogP contribution in [-0.2, 0) is 9.22 Å². The zero-order chi connectivity index (χ0) is 20.9. The summed E-state index contributed by atoms with van der Waals surface area (Å²) in [5.74, 6) is 1.14. The van der Waals surface area contributed by atoms with Crippen LogP contribution >= 0.6 is 0 Å². The minimum atomic E-state index is -2.30. The van der Waals surface area contributed by atoms with Crippen molar-refractivity contribution < 1.29 is 9.22 Å². The Morgan fingerprint density at radius 1 is 0.963 bits per heavy atom. The van der Waals surface area contributed by atoms with E-state index in [1.54, 1.807) is 0 Å². The minimum absolute atomic E-state index is 0.0882. The highest BCUT2D eigenvalue weighted by atomic mass is 28.4. The van der Waals surface area contributed by atoms with E-state index in [-0.39, 0.29) is 11.0 Å². The zero-order valence-corrected chi connectivity index (χ0v) is 20.5. The number of hydrogen-bond acceptors (Lipinski definition) is 2. The number of unbranched alkanes of at least 4 members (excludes halogenated alkanes) is 2. The molecule has 0 aliphatic heterocycles. The summed E-state index contributed by atoms with van der Waals surface area (Å²) < 4.78 is 6.45. The van der Waals surface area contributed by atoms with Crippen LogP contribution in [0, 0.1) is 11.8 Å². The highest BCUT2D eigenvalue weighted by Gasteiger charge is 2.52. The van der Waals surface area contributed by atoms with Crippen molar-refractivity contribution in [2.24, 2.45) is 11.8 Å². The van der Waals surface area contributed by atoms with Crippen LogP contribution in [-0.4, -0.2) is 14.3 Å². The molecule has 0 N–H and O–H groups in total. The molecule has 2 atom stereocenters. The molecule has 0 saturated carbocycles. The molecule has 0 radical (unpaired) electrons. The van der Waals surface area contributed by atoms with E-state index in [0.717, 1.165) is 18.5 Å². The van der Waals surface area contributed by atoms with Crippen LogP contribution in [0.1, 0.15) is 106 Å². The molecule has 0 aromatic rings. The van der Waals surface area contributed by atoms with Gasteiger partial charge >= 0.3 is 5.97 Å². The van der Waals surface area contributed by atoms with Crippen LogP contribution in [0.15, 0.2) is 12.7 Å². The van der Waals surface area contributed by atoms with Gasteiger partial charge in [0.05, 0.1) is 0 Å². The zero-order valence-electron chi connectivity index (χ0n) is 19.5.